The van der Waals surface area contributed by atoms with E-state index < -0.39 is 0 Å². The molecule has 2 aromatic rings. The molecule has 4 rings (SSSR count). The fraction of sp³-hybridized carbons (Fsp3) is 0.455. The van der Waals surface area contributed by atoms with Crippen LogP contribution in [-0.4, -0.2) is 51.8 Å². The lowest BCUT2D eigenvalue weighted by molar-refractivity contribution is -0.131. The van der Waals surface area contributed by atoms with Crippen LogP contribution in [0.3, 0.4) is 0 Å². The number of carbonyl (C=O) groups excluding carboxylic acids is 2. The minimum absolute atomic E-state index is 0.0208. The summed E-state index contributed by atoms with van der Waals surface area (Å²) >= 11 is 0. The maximum atomic E-state index is 12.7. The first-order valence-electron chi connectivity index (χ1n) is 10.1. The van der Waals surface area contributed by atoms with Gasteiger partial charge in [0.05, 0.1) is 25.3 Å². The molecular weight excluding hydrogens is 368 g/mol. The first-order chi connectivity index (χ1) is 14.0. The zero-order valence-corrected chi connectivity index (χ0v) is 16.9. The molecule has 2 amide bonds. The van der Waals surface area contributed by atoms with Gasteiger partial charge in [0.1, 0.15) is 5.75 Å². The molecule has 7 nitrogen and oxygen atoms in total. The van der Waals surface area contributed by atoms with Crippen LogP contribution in [0.25, 0.3) is 0 Å². The fourth-order valence-electron chi connectivity index (χ4n) is 4.15. The van der Waals surface area contributed by atoms with E-state index in [-0.39, 0.29) is 17.9 Å². The molecular formula is C22H26N4O3. The van der Waals surface area contributed by atoms with Crippen LogP contribution >= 0.6 is 0 Å². The SMILES string of the molecule is COc1ccc(CC(=O)N2CCc3nc([C@@H]4CCCN4C(C)=O)ncc3C2)cc1. The third kappa shape index (κ3) is 4.09. The van der Waals surface area contributed by atoms with Gasteiger partial charge in [0.15, 0.2) is 5.82 Å². The second-order valence-electron chi connectivity index (χ2n) is 7.66. The smallest absolute Gasteiger partial charge is 0.227 e. The summed E-state index contributed by atoms with van der Waals surface area (Å²) in [7, 11) is 1.63. The Hall–Kier alpha value is -2.96. The zero-order valence-electron chi connectivity index (χ0n) is 16.9. The third-order valence-corrected chi connectivity index (χ3v) is 5.77. The molecule has 0 spiro atoms. The Kier molecular flexibility index (Phi) is 5.47. The number of rotatable bonds is 4. The van der Waals surface area contributed by atoms with Gasteiger partial charge >= 0.3 is 0 Å². The molecule has 29 heavy (non-hydrogen) atoms. The van der Waals surface area contributed by atoms with Gasteiger partial charge in [-0.15, -0.1) is 0 Å². The lowest BCUT2D eigenvalue weighted by Gasteiger charge is -2.29. The molecule has 3 heterocycles. The van der Waals surface area contributed by atoms with Gasteiger partial charge < -0.3 is 14.5 Å². The van der Waals surface area contributed by atoms with E-state index in [0.717, 1.165) is 47.8 Å². The van der Waals surface area contributed by atoms with Crippen LogP contribution < -0.4 is 4.74 Å². The number of fused-ring (bicyclic) bond motifs is 1. The summed E-state index contributed by atoms with van der Waals surface area (Å²) in [6.07, 6.45) is 4.81. The van der Waals surface area contributed by atoms with Crippen molar-refractivity contribution in [1.82, 2.24) is 19.8 Å². The van der Waals surface area contributed by atoms with Crippen molar-refractivity contribution in [2.24, 2.45) is 0 Å². The number of benzene rings is 1. The van der Waals surface area contributed by atoms with Gasteiger partial charge in [-0.3, -0.25) is 9.59 Å². The number of carbonyl (C=O) groups is 2. The molecule has 0 N–H and O–H groups in total. The molecule has 152 valence electrons. The molecule has 7 heteroatoms. The summed E-state index contributed by atoms with van der Waals surface area (Å²) in [5.74, 6) is 1.69. The van der Waals surface area contributed by atoms with Crippen LogP contribution in [0.1, 0.15) is 48.5 Å². The van der Waals surface area contributed by atoms with E-state index in [0.29, 0.717) is 25.9 Å². The van der Waals surface area contributed by atoms with Crippen molar-refractivity contribution in [1.29, 1.82) is 0 Å². The lowest BCUT2D eigenvalue weighted by atomic mass is 10.0. The average Bonchev–Trinajstić information content (AvgIpc) is 3.24. The third-order valence-electron chi connectivity index (χ3n) is 5.77. The van der Waals surface area contributed by atoms with Gasteiger partial charge in [-0.2, -0.15) is 0 Å². The number of nitrogens with zero attached hydrogens (tertiary/aromatic N) is 4. The molecule has 0 unspecified atom stereocenters. The van der Waals surface area contributed by atoms with Gasteiger partial charge in [0.2, 0.25) is 11.8 Å². The quantitative estimate of drug-likeness (QED) is 0.795. The Balaban J connectivity index is 1.43. The Bertz CT molecular complexity index is 913. The zero-order chi connectivity index (χ0) is 20.4. The number of likely N-dealkylation sites (tertiary alicyclic amines) is 1. The monoisotopic (exact) mass is 394 g/mol. The van der Waals surface area contributed by atoms with Crippen LogP contribution in [-0.2, 0) is 29.0 Å². The average molecular weight is 394 g/mol. The van der Waals surface area contributed by atoms with Crippen LogP contribution in [0.2, 0.25) is 0 Å². The molecule has 0 aliphatic carbocycles. The van der Waals surface area contributed by atoms with Crippen LogP contribution in [0.4, 0.5) is 0 Å². The Labute approximate surface area is 170 Å². The van der Waals surface area contributed by atoms with Gasteiger partial charge in [-0.25, -0.2) is 9.97 Å². The molecule has 1 atom stereocenters. The molecule has 0 saturated carbocycles. The van der Waals surface area contributed by atoms with Crippen LogP contribution in [0, 0.1) is 0 Å². The Morgan fingerprint density at radius 3 is 2.72 bits per heavy atom. The first kappa shape index (κ1) is 19.4. The number of ether oxygens (including phenoxy) is 1. The number of hydrogen-bond acceptors (Lipinski definition) is 5. The van der Waals surface area contributed by atoms with E-state index in [1.165, 1.54) is 0 Å². The molecule has 0 radical (unpaired) electrons. The topological polar surface area (TPSA) is 75.6 Å². The molecule has 2 aliphatic rings. The highest BCUT2D eigenvalue weighted by Gasteiger charge is 2.31. The van der Waals surface area contributed by atoms with Gasteiger partial charge in [-0.1, -0.05) is 12.1 Å². The summed E-state index contributed by atoms with van der Waals surface area (Å²) in [5, 5.41) is 0. The highest BCUT2D eigenvalue weighted by molar-refractivity contribution is 5.79. The second-order valence-corrected chi connectivity index (χ2v) is 7.66. The summed E-state index contributed by atoms with van der Waals surface area (Å²) in [4.78, 5) is 37.6. The minimum Gasteiger partial charge on any atom is -0.497 e. The van der Waals surface area contributed by atoms with Crippen molar-refractivity contribution >= 4 is 11.8 Å². The number of aromatic nitrogens is 2. The summed E-state index contributed by atoms with van der Waals surface area (Å²) < 4.78 is 5.16. The molecule has 2 aliphatic heterocycles. The van der Waals surface area contributed by atoms with E-state index in [2.05, 4.69) is 4.98 Å². The molecule has 1 saturated heterocycles. The van der Waals surface area contributed by atoms with E-state index in [9.17, 15) is 9.59 Å². The van der Waals surface area contributed by atoms with E-state index in [4.69, 9.17) is 9.72 Å². The summed E-state index contributed by atoms with van der Waals surface area (Å²) in [5.41, 5.74) is 2.97. The number of methoxy groups -OCH3 is 1. The highest BCUT2D eigenvalue weighted by Crippen LogP contribution is 2.30. The number of amides is 2. The fourth-order valence-corrected chi connectivity index (χ4v) is 4.15. The number of hydrogen-bond donors (Lipinski definition) is 0. The Morgan fingerprint density at radius 1 is 1.21 bits per heavy atom. The largest absolute Gasteiger partial charge is 0.497 e. The second kappa shape index (κ2) is 8.19. The molecule has 0 bridgehead atoms. The van der Waals surface area contributed by atoms with E-state index in [1.54, 1.807) is 14.0 Å². The van der Waals surface area contributed by atoms with Crippen molar-refractivity contribution in [2.75, 3.05) is 20.2 Å². The van der Waals surface area contributed by atoms with Gasteiger partial charge in [0.25, 0.3) is 0 Å². The maximum absolute atomic E-state index is 12.7. The standard InChI is InChI=1S/C22H26N4O3/c1-15(27)26-10-3-4-20(26)22-23-13-17-14-25(11-9-19(17)24-22)21(28)12-16-5-7-18(29-2)8-6-16/h5-8,13,20H,3-4,9-12,14H2,1-2H3/t20-/m0/s1. The van der Waals surface area contributed by atoms with E-state index in [1.807, 2.05) is 40.3 Å². The van der Waals surface area contributed by atoms with Crippen molar-refractivity contribution in [3.05, 3.63) is 53.1 Å². The highest BCUT2D eigenvalue weighted by atomic mass is 16.5. The van der Waals surface area contributed by atoms with Crippen molar-refractivity contribution < 1.29 is 14.3 Å². The van der Waals surface area contributed by atoms with Crippen molar-refractivity contribution in [3.8, 4) is 5.75 Å². The summed E-state index contributed by atoms with van der Waals surface area (Å²) in [6.45, 7) is 3.56. The van der Waals surface area contributed by atoms with Gasteiger partial charge in [0, 0.05) is 44.7 Å². The van der Waals surface area contributed by atoms with Crippen molar-refractivity contribution in [2.45, 2.75) is 45.2 Å². The molecule has 1 aromatic heterocycles. The lowest BCUT2D eigenvalue weighted by Crippen LogP contribution is -2.38. The van der Waals surface area contributed by atoms with Crippen LogP contribution in [0.15, 0.2) is 30.5 Å². The molecule has 1 fully saturated rings. The van der Waals surface area contributed by atoms with Crippen LogP contribution in [0.5, 0.6) is 5.75 Å². The van der Waals surface area contributed by atoms with Crippen molar-refractivity contribution in [3.63, 3.8) is 0 Å². The predicted molar refractivity (Wildman–Crippen MR) is 107 cm³/mol. The first-order valence-corrected chi connectivity index (χ1v) is 10.1. The normalized spacial score (nSPS) is 18.5. The van der Waals surface area contributed by atoms with Gasteiger partial charge in [-0.05, 0) is 30.5 Å². The maximum Gasteiger partial charge on any atom is 0.227 e. The predicted octanol–water partition coefficient (Wildman–Crippen LogP) is 2.30. The minimum atomic E-state index is -0.0208. The molecule has 1 aromatic carbocycles. The Morgan fingerprint density at radius 2 is 2.00 bits per heavy atom. The van der Waals surface area contributed by atoms with E-state index >= 15 is 0 Å². The summed E-state index contributed by atoms with van der Waals surface area (Å²) in [6, 6.07) is 7.57.